The molecule has 1 atom stereocenters. The predicted molar refractivity (Wildman–Crippen MR) is 78.7 cm³/mol. The first-order valence-electron chi connectivity index (χ1n) is 6.42. The van der Waals surface area contributed by atoms with Crippen molar-refractivity contribution in [3.05, 3.63) is 42.5 Å². The summed E-state index contributed by atoms with van der Waals surface area (Å²) in [5, 5.41) is 3.41. The third-order valence-corrected chi connectivity index (χ3v) is 3.21. The second-order valence-corrected chi connectivity index (χ2v) is 4.62. The Morgan fingerprint density at radius 3 is 2.94 bits per heavy atom. The van der Waals surface area contributed by atoms with Crippen LogP contribution in [0, 0.1) is 5.92 Å². The maximum absolute atomic E-state index is 5.94. The zero-order valence-electron chi connectivity index (χ0n) is 10.7. The monoisotopic (exact) mass is 267 g/mol. The molecule has 1 N–H and O–H groups in total. The van der Waals surface area contributed by atoms with E-state index in [0.29, 0.717) is 5.92 Å². The Balaban J connectivity index is 0.00000162. The average Bonchev–Trinajstić information content (AvgIpc) is 2.39. The van der Waals surface area contributed by atoms with Gasteiger partial charge in [0.05, 0.1) is 6.61 Å². The smallest absolute Gasteiger partial charge is 0.122 e. The SMILES string of the molecule is C=CCc1ccccc1OCC1CCCNC1.Cl. The van der Waals surface area contributed by atoms with Crippen LogP contribution in [0.5, 0.6) is 5.75 Å². The van der Waals surface area contributed by atoms with Gasteiger partial charge in [0.25, 0.3) is 0 Å². The van der Waals surface area contributed by atoms with Crippen molar-refractivity contribution in [1.29, 1.82) is 0 Å². The molecule has 0 saturated carbocycles. The van der Waals surface area contributed by atoms with Crippen LogP contribution in [0.3, 0.4) is 0 Å². The maximum atomic E-state index is 5.94. The van der Waals surface area contributed by atoms with E-state index in [2.05, 4.69) is 24.0 Å². The van der Waals surface area contributed by atoms with Crippen molar-refractivity contribution >= 4 is 12.4 Å². The molecule has 1 unspecified atom stereocenters. The van der Waals surface area contributed by atoms with E-state index in [1.165, 1.54) is 18.4 Å². The van der Waals surface area contributed by atoms with E-state index >= 15 is 0 Å². The van der Waals surface area contributed by atoms with E-state index in [1.54, 1.807) is 0 Å². The first kappa shape index (κ1) is 15.1. The van der Waals surface area contributed by atoms with Crippen molar-refractivity contribution in [1.82, 2.24) is 5.32 Å². The Bertz CT molecular complexity index is 361. The molecule has 1 heterocycles. The van der Waals surface area contributed by atoms with Gasteiger partial charge in [0.1, 0.15) is 5.75 Å². The highest BCUT2D eigenvalue weighted by Crippen LogP contribution is 2.20. The van der Waals surface area contributed by atoms with E-state index in [9.17, 15) is 0 Å². The fraction of sp³-hybridized carbons (Fsp3) is 0.467. The van der Waals surface area contributed by atoms with Gasteiger partial charge >= 0.3 is 0 Å². The number of para-hydroxylation sites is 1. The molecule has 18 heavy (non-hydrogen) atoms. The van der Waals surface area contributed by atoms with Crippen LogP contribution in [-0.2, 0) is 6.42 Å². The minimum Gasteiger partial charge on any atom is -0.493 e. The molecule has 0 amide bonds. The highest BCUT2D eigenvalue weighted by atomic mass is 35.5. The zero-order chi connectivity index (χ0) is 11.9. The summed E-state index contributed by atoms with van der Waals surface area (Å²) in [4.78, 5) is 0. The number of benzene rings is 1. The van der Waals surface area contributed by atoms with E-state index < -0.39 is 0 Å². The summed E-state index contributed by atoms with van der Waals surface area (Å²) in [5.41, 5.74) is 1.23. The Kier molecular flexibility index (Phi) is 6.84. The summed E-state index contributed by atoms with van der Waals surface area (Å²) in [6.07, 6.45) is 5.34. The summed E-state index contributed by atoms with van der Waals surface area (Å²) >= 11 is 0. The van der Waals surface area contributed by atoms with E-state index in [4.69, 9.17) is 4.74 Å². The van der Waals surface area contributed by atoms with E-state index in [1.807, 2.05) is 18.2 Å². The fourth-order valence-corrected chi connectivity index (χ4v) is 2.24. The summed E-state index contributed by atoms with van der Waals surface area (Å²) in [6, 6.07) is 8.24. The van der Waals surface area contributed by atoms with E-state index in [0.717, 1.165) is 31.9 Å². The highest BCUT2D eigenvalue weighted by Gasteiger charge is 2.14. The van der Waals surface area contributed by atoms with E-state index in [-0.39, 0.29) is 12.4 Å². The van der Waals surface area contributed by atoms with Crippen LogP contribution >= 0.6 is 12.4 Å². The van der Waals surface area contributed by atoms with Crippen molar-refractivity contribution in [2.24, 2.45) is 5.92 Å². The lowest BCUT2D eigenvalue weighted by Crippen LogP contribution is -2.33. The lowest BCUT2D eigenvalue weighted by atomic mass is 10.0. The van der Waals surface area contributed by atoms with Crippen LogP contribution < -0.4 is 10.1 Å². The van der Waals surface area contributed by atoms with Crippen molar-refractivity contribution in [2.75, 3.05) is 19.7 Å². The van der Waals surface area contributed by atoms with Gasteiger partial charge in [-0.05, 0) is 37.4 Å². The fourth-order valence-electron chi connectivity index (χ4n) is 2.24. The molecule has 0 aliphatic carbocycles. The third kappa shape index (κ3) is 4.35. The molecule has 0 spiro atoms. The number of allylic oxidation sites excluding steroid dienone is 1. The van der Waals surface area contributed by atoms with Crippen LogP contribution in [0.2, 0.25) is 0 Å². The van der Waals surface area contributed by atoms with Gasteiger partial charge < -0.3 is 10.1 Å². The molecular formula is C15H22ClNO. The molecule has 1 aliphatic heterocycles. The van der Waals surface area contributed by atoms with Gasteiger partial charge in [0.2, 0.25) is 0 Å². The molecule has 0 aromatic heterocycles. The highest BCUT2D eigenvalue weighted by molar-refractivity contribution is 5.85. The molecule has 3 heteroatoms. The summed E-state index contributed by atoms with van der Waals surface area (Å²) in [7, 11) is 0. The number of ether oxygens (including phenoxy) is 1. The predicted octanol–water partition coefficient (Wildman–Crippen LogP) is 3.22. The Morgan fingerprint density at radius 1 is 1.39 bits per heavy atom. The van der Waals surface area contributed by atoms with Gasteiger partial charge in [-0.1, -0.05) is 24.3 Å². The average molecular weight is 268 g/mol. The molecule has 1 saturated heterocycles. The van der Waals surface area contributed by atoms with Crippen molar-refractivity contribution < 1.29 is 4.74 Å². The molecule has 1 aromatic carbocycles. The van der Waals surface area contributed by atoms with Crippen LogP contribution in [0.4, 0.5) is 0 Å². The lowest BCUT2D eigenvalue weighted by Gasteiger charge is -2.23. The second-order valence-electron chi connectivity index (χ2n) is 4.62. The number of nitrogens with one attached hydrogen (secondary N) is 1. The molecule has 1 aromatic rings. The molecule has 0 radical (unpaired) electrons. The van der Waals surface area contributed by atoms with Crippen LogP contribution in [-0.4, -0.2) is 19.7 Å². The second kappa shape index (κ2) is 8.17. The largest absolute Gasteiger partial charge is 0.493 e. The summed E-state index contributed by atoms with van der Waals surface area (Å²) in [6.45, 7) is 6.85. The minimum absolute atomic E-state index is 0. The zero-order valence-corrected chi connectivity index (χ0v) is 11.5. The molecule has 2 nitrogen and oxygen atoms in total. The van der Waals surface area contributed by atoms with Gasteiger partial charge in [0, 0.05) is 12.5 Å². The molecule has 2 rings (SSSR count). The standard InChI is InChI=1S/C15H21NO.ClH/c1-2-6-14-8-3-4-9-15(14)17-12-13-7-5-10-16-11-13;/h2-4,8-9,13,16H,1,5-7,10-12H2;1H. The quantitative estimate of drug-likeness (QED) is 0.827. The van der Waals surface area contributed by atoms with Crippen LogP contribution in [0.25, 0.3) is 0 Å². The Hall–Kier alpha value is -0.990. The number of hydrogen-bond donors (Lipinski definition) is 1. The number of halogens is 1. The van der Waals surface area contributed by atoms with Crippen molar-refractivity contribution in [2.45, 2.75) is 19.3 Å². The Morgan fingerprint density at radius 2 is 2.22 bits per heavy atom. The summed E-state index contributed by atoms with van der Waals surface area (Å²) in [5.74, 6) is 1.67. The number of hydrogen-bond acceptors (Lipinski definition) is 2. The topological polar surface area (TPSA) is 21.3 Å². The van der Waals surface area contributed by atoms with Crippen LogP contribution in [0.1, 0.15) is 18.4 Å². The molecule has 0 bridgehead atoms. The number of piperidine rings is 1. The minimum atomic E-state index is 0. The van der Waals surface area contributed by atoms with Crippen LogP contribution in [0.15, 0.2) is 36.9 Å². The first-order chi connectivity index (χ1) is 8.40. The van der Waals surface area contributed by atoms with Gasteiger partial charge in [-0.3, -0.25) is 0 Å². The lowest BCUT2D eigenvalue weighted by molar-refractivity contribution is 0.217. The maximum Gasteiger partial charge on any atom is 0.122 e. The Labute approximate surface area is 116 Å². The molecule has 100 valence electrons. The van der Waals surface area contributed by atoms with Gasteiger partial charge in [-0.15, -0.1) is 19.0 Å². The van der Waals surface area contributed by atoms with Crippen molar-refractivity contribution in [3.63, 3.8) is 0 Å². The van der Waals surface area contributed by atoms with Gasteiger partial charge in [-0.2, -0.15) is 0 Å². The molecule has 1 aliphatic rings. The normalized spacial score (nSPS) is 18.8. The van der Waals surface area contributed by atoms with Crippen molar-refractivity contribution in [3.8, 4) is 5.75 Å². The van der Waals surface area contributed by atoms with Gasteiger partial charge in [0.15, 0.2) is 0 Å². The summed E-state index contributed by atoms with van der Waals surface area (Å²) < 4.78 is 5.94. The molecular weight excluding hydrogens is 246 g/mol. The first-order valence-corrected chi connectivity index (χ1v) is 6.42. The number of rotatable bonds is 5. The van der Waals surface area contributed by atoms with Gasteiger partial charge in [-0.25, -0.2) is 0 Å². The third-order valence-electron chi connectivity index (χ3n) is 3.21. The molecule has 1 fully saturated rings.